The second-order valence-electron chi connectivity index (χ2n) is 6.89. The maximum atomic E-state index is 12.2. The number of rotatable bonds is 5. The molecule has 4 rings (SSSR count). The predicted molar refractivity (Wildman–Crippen MR) is 117 cm³/mol. The predicted octanol–water partition coefficient (Wildman–Crippen LogP) is 3.94. The minimum atomic E-state index is -4.21. The molecule has 0 aliphatic heterocycles. The molecule has 0 aliphatic carbocycles. The van der Waals surface area contributed by atoms with E-state index in [2.05, 4.69) is 14.6 Å². The average molecular weight is 459 g/mol. The Morgan fingerprint density at radius 3 is 2.65 bits per heavy atom. The van der Waals surface area contributed by atoms with Crippen LogP contribution < -0.4 is 5.32 Å². The summed E-state index contributed by atoms with van der Waals surface area (Å²) in [6.07, 6.45) is 0.821. The van der Waals surface area contributed by atoms with Gasteiger partial charge in [-0.3, -0.25) is 4.68 Å². The lowest BCUT2D eigenvalue weighted by Crippen LogP contribution is -2.27. The van der Waals surface area contributed by atoms with Gasteiger partial charge in [0.1, 0.15) is 10.7 Å². The third-order valence-corrected chi connectivity index (χ3v) is 6.28. The second-order valence-corrected chi connectivity index (χ2v) is 8.87. The summed E-state index contributed by atoms with van der Waals surface area (Å²) in [4.78, 5) is 12.1. The van der Waals surface area contributed by atoms with Crippen LogP contribution >= 0.6 is 11.6 Å². The van der Waals surface area contributed by atoms with E-state index in [0.717, 1.165) is 22.3 Å². The maximum Gasteiger partial charge on any atom is 0.423 e. The number of nitrogens with one attached hydrogen (secondary N) is 1. The van der Waals surface area contributed by atoms with Crippen LogP contribution in [0.1, 0.15) is 11.3 Å². The second kappa shape index (κ2) is 8.09. The van der Waals surface area contributed by atoms with Gasteiger partial charge in [0.2, 0.25) is 0 Å². The first-order chi connectivity index (χ1) is 14.8. The Balaban J connectivity index is 1.58. The molecular weight excluding hydrogens is 440 g/mol. The molecule has 2 aromatic heterocycles. The third kappa shape index (κ3) is 4.14. The lowest BCUT2D eigenvalue weighted by molar-refractivity contribution is 0.202. The van der Waals surface area contributed by atoms with E-state index in [9.17, 15) is 13.2 Å². The van der Waals surface area contributed by atoms with Crippen LogP contribution in [-0.4, -0.2) is 28.9 Å². The number of aromatic nitrogens is 3. The SMILES string of the molecule is Cc1nn(C)c(-n2ccc3cc(Cl)ccc32)c1CNC(=O)OS(=O)(=O)c1ccccc1. The Bertz CT molecular complexity index is 1380. The molecular formula is C21H19ClN4O4S. The van der Waals surface area contributed by atoms with Gasteiger partial charge < -0.3 is 14.1 Å². The molecule has 160 valence electrons. The van der Waals surface area contributed by atoms with Crippen molar-refractivity contribution in [1.82, 2.24) is 19.7 Å². The number of amides is 1. The Hall–Kier alpha value is -3.30. The number of carbonyl (C=O) groups is 1. The fourth-order valence-electron chi connectivity index (χ4n) is 3.42. The topological polar surface area (TPSA) is 95.2 Å². The third-order valence-electron chi connectivity index (χ3n) is 4.82. The van der Waals surface area contributed by atoms with Gasteiger partial charge in [-0.15, -0.1) is 0 Å². The summed E-state index contributed by atoms with van der Waals surface area (Å²) < 4.78 is 32.8. The van der Waals surface area contributed by atoms with Crippen LogP contribution in [0.2, 0.25) is 5.02 Å². The molecule has 1 amide bonds. The van der Waals surface area contributed by atoms with Gasteiger partial charge in [-0.1, -0.05) is 29.8 Å². The van der Waals surface area contributed by atoms with Gasteiger partial charge in [-0.2, -0.15) is 13.5 Å². The summed E-state index contributed by atoms with van der Waals surface area (Å²) in [5.41, 5.74) is 2.34. The quantitative estimate of drug-likeness (QED) is 0.457. The van der Waals surface area contributed by atoms with E-state index in [4.69, 9.17) is 11.6 Å². The Morgan fingerprint density at radius 1 is 1.16 bits per heavy atom. The highest BCUT2D eigenvalue weighted by Crippen LogP contribution is 2.26. The Kier molecular flexibility index (Phi) is 5.47. The smallest absolute Gasteiger partial charge is 0.324 e. The van der Waals surface area contributed by atoms with Crippen molar-refractivity contribution >= 4 is 38.7 Å². The number of hydrogen-bond acceptors (Lipinski definition) is 5. The van der Waals surface area contributed by atoms with E-state index >= 15 is 0 Å². The van der Waals surface area contributed by atoms with E-state index in [1.165, 1.54) is 12.1 Å². The number of nitrogens with zero attached hydrogens (tertiary/aromatic N) is 3. The number of hydrogen-bond donors (Lipinski definition) is 1. The Morgan fingerprint density at radius 2 is 1.90 bits per heavy atom. The van der Waals surface area contributed by atoms with Crippen molar-refractivity contribution in [1.29, 1.82) is 0 Å². The van der Waals surface area contributed by atoms with Crippen molar-refractivity contribution in [2.75, 3.05) is 0 Å². The van der Waals surface area contributed by atoms with Gasteiger partial charge in [0.05, 0.1) is 17.8 Å². The first-order valence-corrected chi connectivity index (χ1v) is 11.1. The first kappa shape index (κ1) is 21.0. The van der Waals surface area contributed by atoms with E-state index in [1.54, 1.807) is 36.0 Å². The van der Waals surface area contributed by atoms with Crippen molar-refractivity contribution < 1.29 is 17.4 Å². The van der Waals surface area contributed by atoms with E-state index in [-0.39, 0.29) is 11.4 Å². The standard InChI is InChI=1S/C21H19ClN4O4S/c1-14-18(13-23-21(27)30-31(28,29)17-6-4-3-5-7-17)20(25(2)24-14)26-11-10-15-12-16(22)8-9-19(15)26/h3-12H,13H2,1-2H3,(H,23,27). The fraction of sp³-hybridized carbons (Fsp3) is 0.143. The van der Waals surface area contributed by atoms with Crippen LogP contribution in [0.15, 0.2) is 65.7 Å². The van der Waals surface area contributed by atoms with Gasteiger partial charge >= 0.3 is 16.2 Å². The summed E-state index contributed by atoms with van der Waals surface area (Å²) in [6, 6.07) is 15.0. The number of aryl methyl sites for hydroxylation is 2. The molecule has 0 saturated heterocycles. The zero-order valence-electron chi connectivity index (χ0n) is 16.7. The molecule has 0 atom stereocenters. The van der Waals surface area contributed by atoms with Gasteiger partial charge in [0.25, 0.3) is 0 Å². The minimum Gasteiger partial charge on any atom is -0.324 e. The average Bonchev–Trinajstić information content (AvgIpc) is 3.25. The molecule has 31 heavy (non-hydrogen) atoms. The lowest BCUT2D eigenvalue weighted by atomic mass is 10.2. The molecule has 10 heteroatoms. The van der Waals surface area contributed by atoms with Crippen LogP contribution in [0, 0.1) is 6.92 Å². The van der Waals surface area contributed by atoms with Gasteiger partial charge in [-0.05, 0) is 43.3 Å². The molecule has 0 spiro atoms. The molecule has 0 radical (unpaired) electrons. The van der Waals surface area contributed by atoms with Crippen molar-refractivity contribution in [2.45, 2.75) is 18.4 Å². The zero-order chi connectivity index (χ0) is 22.2. The molecule has 0 bridgehead atoms. The highest BCUT2D eigenvalue weighted by Gasteiger charge is 2.22. The fourth-order valence-corrected chi connectivity index (χ4v) is 4.45. The first-order valence-electron chi connectivity index (χ1n) is 9.33. The molecule has 4 aromatic rings. The van der Waals surface area contributed by atoms with Crippen molar-refractivity contribution in [3.63, 3.8) is 0 Å². The van der Waals surface area contributed by atoms with Gasteiger partial charge in [0.15, 0.2) is 0 Å². The van der Waals surface area contributed by atoms with Crippen molar-refractivity contribution in [3.05, 3.63) is 77.1 Å². The maximum absolute atomic E-state index is 12.2. The summed E-state index contributed by atoms with van der Waals surface area (Å²) in [6.45, 7) is 1.85. The van der Waals surface area contributed by atoms with Gasteiger partial charge in [0, 0.05) is 29.2 Å². The Labute approximate surface area is 184 Å². The molecule has 2 heterocycles. The monoisotopic (exact) mass is 458 g/mol. The lowest BCUT2D eigenvalue weighted by Gasteiger charge is -2.11. The molecule has 0 saturated carbocycles. The summed E-state index contributed by atoms with van der Waals surface area (Å²) in [5.74, 6) is 0.737. The largest absolute Gasteiger partial charge is 0.423 e. The van der Waals surface area contributed by atoms with Crippen LogP contribution in [-0.2, 0) is 27.9 Å². The molecule has 1 N–H and O–H groups in total. The van der Waals surface area contributed by atoms with Crippen LogP contribution in [0.4, 0.5) is 4.79 Å². The van der Waals surface area contributed by atoms with Gasteiger partial charge in [-0.25, -0.2) is 4.79 Å². The number of carbonyl (C=O) groups excluding carboxylic acids is 1. The van der Waals surface area contributed by atoms with E-state index in [1.807, 2.05) is 35.9 Å². The van der Waals surface area contributed by atoms with E-state index in [0.29, 0.717) is 10.7 Å². The summed E-state index contributed by atoms with van der Waals surface area (Å²) >= 11 is 6.08. The summed E-state index contributed by atoms with van der Waals surface area (Å²) in [7, 11) is -2.41. The molecule has 8 nitrogen and oxygen atoms in total. The zero-order valence-corrected chi connectivity index (χ0v) is 18.3. The molecule has 0 aliphatic rings. The molecule has 0 fully saturated rings. The number of benzene rings is 2. The van der Waals surface area contributed by atoms with Crippen LogP contribution in [0.5, 0.6) is 0 Å². The number of fused-ring (bicyclic) bond motifs is 1. The molecule has 0 unspecified atom stereocenters. The van der Waals surface area contributed by atoms with Crippen molar-refractivity contribution in [3.8, 4) is 5.82 Å². The molecule has 2 aromatic carbocycles. The van der Waals surface area contributed by atoms with Crippen molar-refractivity contribution in [2.24, 2.45) is 7.05 Å². The highest BCUT2D eigenvalue weighted by molar-refractivity contribution is 7.87. The highest BCUT2D eigenvalue weighted by atomic mass is 35.5. The van der Waals surface area contributed by atoms with E-state index < -0.39 is 16.2 Å². The summed E-state index contributed by atoms with van der Waals surface area (Å²) in [5, 5.41) is 8.55. The normalized spacial score (nSPS) is 11.6. The van der Waals surface area contributed by atoms with Crippen LogP contribution in [0.3, 0.4) is 0 Å². The minimum absolute atomic E-state index is 0.0331. The number of halogens is 1. The van der Waals surface area contributed by atoms with Crippen LogP contribution in [0.25, 0.3) is 16.7 Å².